The van der Waals surface area contributed by atoms with Gasteiger partial charge < -0.3 is 0 Å². The Kier molecular flexibility index (Phi) is 4.86. The van der Waals surface area contributed by atoms with Crippen LogP contribution in [-0.2, 0) is 0 Å². The van der Waals surface area contributed by atoms with Gasteiger partial charge in [-0.25, -0.2) is 4.39 Å². The van der Waals surface area contributed by atoms with Gasteiger partial charge in [-0.15, -0.1) is 0 Å². The summed E-state index contributed by atoms with van der Waals surface area (Å²) in [5, 5.41) is 0. The van der Waals surface area contributed by atoms with Crippen LogP contribution >= 0.6 is 0 Å². The van der Waals surface area contributed by atoms with Gasteiger partial charge in [-0.05, 0) is 12.2 Å². The van der Waals surface area contributed by atoms with E-state index in [1.807, 2.05) is 0 Å². The minimum atomic E-state index is -7.31. The third-order valence-corrected chi connectivity index (χ3v) is 2.13. The number of halogens is 14. The van der Waals surface area contributed by atoms with Crippen LogP contribution in [0, 0.1) is 0 Å². The van der Waals surface area contributed by atoms with Gasteiger partial charge in [0.1, 0.15) is 0 Å². The highest BCUT2D eigenvalue weighted by Crippen LogP contribution is 2.54. The summed E-state index contributed by atoms with van der Waals surface area (Å²) in [7, 11) is 0. The van der Waals surface area contributed by atoms with Crippen molar-refractivity contribution < 1.29 is 61.5 Å². The lowest BCUT2D eigenvalue weighted by molar-refractivity contribution is -0.370. The zero-order chi connectivity index (χ0) is 18.4. The molecule has 0 spiro atoms. The van der Waals surface area contributed by atoms with Gasteiger partial charge in [0.05, 0.1) is 0 Å². The normalized spacial score (nSPS) is 18.6. The number of alkyl halides is 14. The molecule has 1 atom stereocenters. The molecule has 1 unspecified atom stereocenters. The fourth-order valence-electron chi connectivity index (χ4n) is 0.897. The minimum Gasteiger partial charge on any atom is -0.222 e. The van der Waals surface area contributed by atoms with E-state index in [-0.39, 0.29) is 0 Å². The molecule has 0 aliphatic heterocycles. The summed E-state index contributed by atoms with van der Waals surface area (Å²) in [4.78, 5) is 0. The van der Waals surface area contributed by atoms with Crippen molar-refractivity contribution in [2.24, 2.45) is 0 Å². The van der Waals surface area contributed by atoms with Gasteiger partial charge in [-0.1, -0.05) is 0 Å². The van der Waals surface area contributed by atoms with Crippen LogP contribution in [0.25, 0.3) is 0 Å². The van der Waals surface area contributed by atoms with E-state index in [0.29, 0.717) is 0 Å². The van der Waals surface area contributed by atoms with E-state index in [4.69, 9.17) is 0 Å². The van der Waals surface area contributed by atoms with Crippen molar-refractivity contribution in [3.63, 3.8) is 0 Å². The van der Waals surface area contributed by atoms with Crippen molar-refractivity contribution in [3.05, 3.63) is 12.2 Å². The van der Waals surface area contributed by atoms with Gasteiger partial charge in [0.25, 0.3) is 5.67 Å². The Labute approximate surface area is 111 Å². The standard InChI is InChI=1S/C8H2F14/c9-3(6(14,15)16,5(12,13)8(20,21)22)1-2-4(10,11)7(17,18)19/h1-2H/b2-1+. The highest BCUT2D eigenvalue weighted by atomic mass is 19.4. The SMILES string of the molecule is FC(F)(F)C(F)(F)/C=C/C(F)(C(F)(F)F)C(F)(F)C(F)(F)F. The summed E-state index contributed by atoms with van der Waals surface area (Å²) >= 11 is 0. The zero-order valence-corrected chi connectivity index (χ0v) is 9.45. The Balaban J connectivity index is 6.12. The molecule has 132 valence electrons. The smallest absolute Gasteiger partial charge is 0.222 e. The van der Waals surface area contributed by atoms with Gasteiger partial charge in [0.2, 0.25) is 0 Å². The third kappa shape index (κ3) is 3.39. The molecule has 0 heterocycles. The Hall–Kier alpha value is -1.24. The average Bonchev–Trinajstić information content (AvgIpc) is 2.20. The lowest BCUT2D eigenvalue weighted by atomic mass is 9.94. The molecule has 0 nitrogen and oxygen atoms in total. The highest BCUT2D eigenvalue weighted by Gasteiger charge is 2.80. The molecule has 0 bridgehead atoms. The van der Waals surface area contributed by atoms with Crippen LogP contribution in [0.15, 0.2) is 12.2 Å². The molecule has 0 radical (unpaired) electrons. The summed E-state index contributed by atoms with van der Waals surface area (Å²) in [6.07, 6.45) is -25.2. The van der Waals surface area contributed by atoms with E-state index in [0.717, 1.165) is 0 Å². The van der Waals surface area contributed by atoms with Crippen molar-refractivity contribution in [3.8, 4) is 0 Å². The van der Waals surface area contributed by atoms with E-state index in [1.54, 1.807) is 0 Å². The maximum atomic E-state index is 13.1. The lowest BCUT2D eigenvalue weighted by Gasteiger charge is -2.34. The summed E-state index contributed by atoms with van der Waals surface area (Å²) in [5.41, 5.74) is -6.83. The summed E-state index contributed by atoms with van der Waals surface area (Å²) in [5.74, 6) is -13.6. The first kappa shape index (κ1) is 20.8. The molecule has 22 heavy (non-hydrogen) atoms. The van der Waals surface area contributed by atoms with Crippen molar-refractivity contribution in [1.82, 2.24) is 0 Å². The Morgan fingerprint density at radius 3 is 1.00 bits per heavy atom. The number of rotatable bonds is 3. The molecule has 0 fully saturated rings. The van der Waals surface area contributed by atoms with Crippen LogP contribution in [0.1, 0.15) is 0 Å². The van der Waals surface area contributed by atoms with Crippen molar-refractivity contribution >= 4 is 0 Å². The topological polar surface area (TPSA) is 0 Å². The molecule has 0 aromatic rings. The largest absolute Gasteiger partial charge is 0.457 e. The molecule has 0 aromatic heterocycles. The molecule has 0 aliphatic carbocycles. The van der Waals surface area contributed by atoms with Crippen LogP contribution in [0.4, 0.5) is 61.5 Å². The van der Waals surface area contributed by atoms with E-state index >= 15 is 0 Å². The maximum absolute atomic E-state index is 13.1. The molecule has 0 saturated carbocycles. The van der Waals surface area contributed by atoms with Crippen LogP contribution in [-0.4, -0.2) is 36.0 Å². The third-order valence-electron chi connectivity index (χ3n) is 2.13. The first-order valence-electron chi connectivity index (χ1n) is 4.56. The van der Waals surface area contributed by atoms with E-state index < -0.39 is 48.2 Å². The molecule has 14 heteroatoms. The van der Waals surface area contributed by atoms with Gasteiger partial charge in [-0.2, -0.15) is 57.1 Å². The zero-order valence-electron chi connectivity index (χ0n) is 9.45. The van der Waals surface area contributed by atoms with Crippen molar-refractivity contribution in [1.29, 1.82) is 0 Å². The number of hydrogen-bond donors (Lipinski definition) is 0. The molecule has 0 aliphatic rings. The van der Waals surface area contributed by atoms with Crippen LogP contribution in [0.5, 0.6) is 0 Å². The second kappa shape index (κ2) is 5.15. The molecule has 0 aromatic carbocycles. The maximum Gasteiger partial charge on any atom is 0.457 e. The monoisotopic (exact) mass is 364 g/mol. The minimum absolute atomic E-state index is 2.06. The molecule has 0 saturated heterocycles. The van der Waals surface area contributed by atoms with Crippen LogP contribution in [0.2, 0.25) is 0 Å². The summed E-state index contributed by atoms with van der Waals surface area (Å²) < 4.78 is 169. The second-order valence-electron chi connectivity index (χ2n) is 3.74. The van der Waals surface area contributed by atoms with E-state index in [2.05, 4.69) is 0 Å². The summed E-state index contributed by atoms with van der Waals surface area (Å²) in [6.45, 7) is 0. The van der Waals surface area contributed by atoms with Gasteiger partial charge in [-0.3, -0.25) is 0 Å². The lowest BCUT2D eigenvalue weighted by Crippen LogP contribution is -2.61. The van der Waals surface area contributed by atoms with Crippen LogP contribution < -0.4 is 0 Å². The molecule has 0 amide bonds. The molecule has 0 rings (SSSR count). The molecule has 0 N–H and O–H groups in total. The van der Waals surface area contributed by atoms with E-state index in [1.165, 1.54) is 0 Å². The fourth-order valence-corrected chi connectivity index (χ4v) is 0.897. The Morgan fingerprint density at radius 1 is 0.409 bits per heavy atom. The average molecular weight is 364 g/mol. The number of hydrogen-bond acceptors (Lipinski definition) is 0. The predicted molar refractivity (Wildman–Crippen MR) is 41.0 cm³/mol. The highest BCUT2D eigenvalue weighted by molar-refractivity contribution is 5.19. The Morgan fingerprint density at radius 2 is 0.773 bits per heavy atom. The molecular weight excluding hydrogens is 362 g/mol. The fraction of sp³-hybridized carbons (Fsp3) is 0.750. The Bertz CT molecular complexity index is 420. The molecular formula is C8H2F14. The van der Waals surface area contributed by atoms with Crippen molar-refractivity contribution in [2.45, 2.75) is 36.0 Å². The van der Waals surface area contributed by atoms with Gasteiger partial charge >= 0.3 is 30.4 Å². The quantitative estimate of drug-likeness (QED) is 0.477. The van der Waals surface area contributed by atoms with Gasteiger partial charge in [0, 0.05) is 0 Å². The summed E-state index contributed by atoms with van der Waals surface area (Å²) in [6, 6.07) is 0. The van der Waals surface area contributed by atoms with Gasteiger partial charge in [0.15, 0.2) is 0 Å². The van der Waals surface area contributed by atoms with E-state index in [9.17, 15) is 61.5 Å². The van der Waals surface area contributed by atoms with Crippen LogP contribution in [0.3, 0.4) is 0 Å². The first-order chi connectivity index (χ1) is 9.21. The van der Waals surface area contributed by atoms with Crippen molar-refractivity contribution in [2.75, 3.05) is 0 Å². The predicted octanol–water partition coefficient (Wildman–Crippen LogP) is 5.21. The number of allylic oxidation sites excluding steroid dienone is 2. The first-order valence-corrected chi connectivity index (χ1v) is 4.56. The second-order valence-corrected chi connectivity index (χ2v) is 3.74.